The van der Waals surface area contributed by atoms with Crippen LogP contribution in [0.4, 0.5) is 0 Å². The second kappa shape index (κ2) is 36.9. The van der Waals surface area contributed by atoms with E-state index in [0.717, 1.165) is 38.5 Å². The molecule has 0 rings (SSSR count). The quantitative estimate of drug-likeness (QED) is 0.0438. The summed E-state index contributed by atoms with van der Waals surface area (Å²) in [4.78, 5) is 22.4. The Morgan fingerprint density at radius 3 is 1.16 bits per heavy atom. The number of allylic oxidation sites excluding steroid dienone is 2. The van der Waals surface area contributed by atoms with Crippen LogP contribution in [0.5, 0.6) is 0 Å². The van der Waals surface area contributed by atoms with Gasteiger partial charge in [0, 0.05) is 12.8 Å². The molecule has 4 nitrogen and oxygen atoms in total. The van der Waals surface area contributed by atoms with E-state index in [1.165, 1.54) is 161 Å². The molecule has 1 N–H and O–H groups in total. The minimum atomic E-state index is -0.673. The molecule has 0 saturated carbocycles. The predicted octanol–water partition coefficient (Wildman–Crippen LogP) is 13.1. The van der Waals surface area contributed by atoms with Gasteiger partial charge in [0.2, 0.25) is 0 Å². The van der Waals surface area contributed by atoms with Crippen molar-refractivity contribution in [2.45, 2.75) is 219 Å². The number of rotatable bonds is 36. The van der Waals surface area contributed by atoms with Gasteiger partial charge in [0.1, 0.15) is 0 Å². The van der Waals surface area contributed by atoms with Crippen LogP contribution in [-0.4, -0.2) is 23.7 Å². The lowest BCUT2D eigenvalue weighted by molar-refractivity contribution is -0.144. The molecule has 0 atom stereocenters. The van der Waals surface area contributed by atoms with E-state index in [1.807, 2.05) is 0 Å². The Labute approximate surface area is 268 Å². The molecule has 0 fully saturated rings. The van der Waals surface area contributed by atoms with E-state index in [0.29, 0.717) is 19.4 Å². The van der Waals surface area contributed by atoms with Crippen molar-refractivity contribution in [2.24, 2.45) is 0 Å². The topological polar surface area (TPSA) is 63.6 Å². The maximum Gasteiger partial charge on any atom is 0.305 e. The van der Waals surface area contributed by atoms with Crippen LogP contribution in [0.2, 0.25) is 0 Å². The van der Waals surface area contributed by atoms with E-state index in [1.54, 1.807) is 0 Å². The Bertz CT molecular complexity index is 600. The van der Waals surface area contributed by atoms with Gasteiger partial charge < -0.3 is 9.84 Å². The second-order valence-electron chi connectivity index (χ2n) is 13.1. The van der Waals surface area contributed by atoms with Crippen molar-refractivity contribution in [1.29, 1.82) is 0 Å². The molecule has 4 heteroatoms. The normalized spacial score (nSPS) is 11.5. The summed E-state index contributed by atoms with van der Waals surface area (Å²) < 4.78 is 5.42. The second-order valence-corrected chi connectivity index (χ2v) is 13.1. The number of aliphatic carboxylic acids is 1. The zero-order chi connectivity index (χ0) is 31.3. The number of unbranched alkanes of at least 4 members (excludes halogenated alkanes) is 28. The molecule has 0 aliphatic carbocycles. The zero-order valence-electron chi connectivity index (χ0n) is 28.9. The van der Waals surface area contributed by atoms with Crippen LogP contribution in [0.15, 0.2) is 12.2 Å². The summed E-state index contributed by atoms with van der Waals surface area (Å²) >= 11 is 0. The minimum Gasteiger partial charge on any atom is -0.481 e. The van der Waals surface area contributed by atoms with Crippen molar-refractivity contribution in [3.05, 3.63) is 12.2 Å². The Kier molecular flexibility index (Phi) is 35.7. The smallest absolute Gasteiger partial charge is 0.305 e. The summed E-state index contributed by atoms with van der Waals surface area (Å²) in [6.07, 6.45) is 45.2. The first kappa shape index (κ1) is 41.7. The van der Waals surface area contributed by atoms with E-state index < -0.39 is 5.97 Å². The number of esters is 1. The average Bonchev–Trinajstić information content (AvgIpc) is 2.99. The first-order chi connectivity index (χ1) is 21.2. The Hall–Kier alpha value is -1.32. The lowest BCUT2D eigenvalue weighted by atomic mass is 10.0. The lowest BCUT2D eigenvalue weighted by Crippen LogP contribution is -2.05. The third-order valence-corrected chi connectivity index (χ3v) is 8.69. The molecule has 0 spiro atoms. The van der Waals surface area contributed by atoms with Gasteiger partial charge in [-0.2, -0.15) is 0 Å². The fraction of sp³-hybridized carbons (Fsp3) is 0.897. The summed E-state index contributed by atoms with van der Waals surface area (Å²) in [6, 6.07) is 0. The van der Waals surface area contributed by atoms with Crippen molar-refractivity contribution in [1.82, 2.24) is 0 Å². The van der Waals surface area contributed by atoms with Crippen LogP contribution in [0, 0.1) is 0 Å². The number of ether oxygens (including phenoxy) is 1. The zero-order valence-corrected chi connectivity index (χ0v) is 28.9. The van der Waals surface area contributed by atoms with Crippen LogP contribution < -0.4 is 0 Å². The minimum absolute atomic E-state index is 0.00347. The maximum atomic E-state index is 11.9. The highest BCUT2D eigenvalue weighted by molar-refractivity contribution is 5.69. The number of carbonyl (C=O) groups excluding carboxylic acids is 1. The number of carboxylic acids is 1. The van der Waals surface area contributed by atoms with E-state index in [2.05, 4.69) is 19.1 Å². The Balaban J connectivity index is 3.18. The van der Waals surface area contributed by atoms with Gasteiger partial charge in [-0.05, 0) is 44.9 Å². The number of hydrogen-bond donors (Lipinski definition) is 1. The molecule has 0 aromatic rings. The molecule has 0 unspecified atom stereocenters. The van der Waals surface area contributed by atoms with Gasteiger partial charge in [0.05, 0.1) is 6.61 Å². The summed E-state index contributed by atoms with van der Waals surface area (Å²) in [5, 5.41) is 8.63. The first-order valence-corrected chi connectivity index (χ1v) is 19.2. The van der Waals surface area contributed by atoms with E-state index in [9.17, 15) is 9.59 Å². The summed E-state index contributed by atoms with van der Waals surface area (Å²) in [6.45, 7) is 2.88. The Morgan fingerprint density at radius 1 is 0.442 bits per heavy atom. The van der Waals surface area contributed by atoms with E-state index in [-0.39, 0.29) is 5.97 Å². The molecular weight excluding hydrogens is 532 g/mol. The maximum absolute atomic E-state index is 11.9. The van der Waals surface area contributed by atoms with Crippen molar-refractivity contribution < 1.29 is 19.4 Å². The molecule has 0 aliphatic rings. The standard InChI is InChI=1S/C39H74O4/c1-2-3-4-5-6-7-8-9-10-11-12-13-14-15-16-17-21-24-27-30-33-36-39(42)43-37-34-31-28-25-22-19-18-20-23-26-29-32-35-38(40)41/h9-10H,2-8,11-37H2,1H3,(H,40,41)/b10-9-. The van der Waals surface area contributed by atoms with Gasteiger partial charge in [-0.1, -0.05) is 173 Å². The largest absolute Gasteiger partial charge is 0.481 e. The fourth-order valence-electron chi connectivity index (χ4n) is 5.80. The van der Waals surface area contributed by atoms with Crippen molar-refractivity contribution in [3.8, 4) is 0 Å². The SMILES string of the molecule is CCCCCCCC/C=C\CCCCCCCCCCCCCC(=O)OCCCCCCCCCCCCCCC(=O)O. The number of carboxylic acid groups (broad SMARTS) is 1. The van der Waals surface area contributed by atoms with Crippen molar-refractivity contribution in [3.63, 3.8) is 0 Å². The molecule has 0 aromatic carbocycles. The molecule has 254 valence electrons. The molecule has 0 heterocycles. The average molecular weight is 607 g/mol. The molecule has 0 amide bonds. The van der Waals surface area contributed by atoms with E-state index in [4.69, 9.17) is 9.84 Å². The van der Waals surface area contributed by atoms with Gasteiger partial charge >= 0.3 is 11.9 Å². The van der Waals surface area contributed by atoms with Gasteiger partial charge in [0.25, 0.3) is 0 Å². The fourth-order valence-corrected chi connectivity index (χ4v) is 5.80. The molecule has 0 aromatic heterocycles. The third-order valence-electron chi connectivity index (χ3n) is 8.69. The monoisotopic (exact) mass is 607 g/mol. The van der Waals surface area contributed by atoms with Gasteiger partial charge in [-0.3, -0.25) is 9.59 Å². The molecule has 0 bridgehead atoms. The highest BCUT2D eigenvalue weighted by Crippen LogP contribution is 2.15. The molecule has 0 saturated heterocycles. The molecule has 0 radical (unpaired) electrons. The number of hydrogen-bond acceptors (Lipinski definition) is 3. The van der Waals surface area contributed by atoms with Crippen molar-refractivity contribution >= 4 is 11.9 Å². The van der Waals surface area contributed by atoms with Gasteiger partial charge in [-0.25, -0.2) is 0 Å². The molecule has 0 aliphatic heterocycles. The highest BCUT2D eigenvalue weighted by atomic mass is 16.5. The summed E-state index contributed by atoms with van der Waals surface area (Å²) in [7, 11) is 0. The predicted molar refractivity (Wildman–Crippen MR) is 186 cm³/mol. The van der Waals surface area contributed by atoms with Crippen LogP contribution >= 0.6 is 0 Å². The van der Waals surface area contributed by atoms with Crippen LogP contribution in [-0.2, 0) is 14.3 Å². The van der Waals surface area contributed by atoms with Gasteiger partial charge in [-0.15, -0.1) is 0 Å². The molecular formula is C39H74O4. The van der Waals surface area contributed by atoms with Crippen molar-refractivity contribution in [2.75, 3.05) is 6.61 Å². The van der Waals surface area contributed by atoms with Gasteiger partial charge in [0.15, 0.2) is 0 Å². The first-order valence-electron chi connectivity index (χ1n) is 19.2. The summed E-state index contributed by atoms with van der Waals surface area (Å²) in [5.41, 5.74) is 0. The van der Waals surface area contributed by atoms with Crippen LogP contribution in [0.1, 0.15) is 219 Å². The summed E-state index contributed by atoms with van der Waals surface area (Å²) in [5.74, 6) is -0.676. The number of carbonyl (C=O) groups is 2. The van der Waals surface area contributed by atoms with Crippen LogP contribution in [0.3, 0.4) is 0 Å². The third kappa shape index (κ3) is 38.7. The Morgan fingerprint density at radius 2 is 0.767 bits per heavy atom. The highest BCUT2D eigenvalue weighted by Gasteiger charge is 2.03. The lowest BCUT2D eigenvalue weighted by Gasteiger charge is -2.06. The molecule has 43 heavy (non-hydrogen) atoms. The van der Waals surface area contributed by atoms with Crippen LogP contribution in [0.25, 0.3) is 0 Å². The van der Waals surface area contributed by atoms with E-state index >= 15 is 0 Å².